The quantitative estimate of drug-likeness (QED) is 0.757. The van der Waals surface area contributed by atoms with Crippen LogP contribution in [0.5, 0.6) is 0 Å². The Kier molecular flexibility index (Phi) is 3.99. The van der Waals surface area contributed by atoms with Gasteiger partial charge in [0.1, 0.15) is 0 Å². The minimum absolute atomic E-state index is 0.0150. The van der Waals surface area contributed by atoms with Gasteiger partial charge in [0.2, 0.25) is 5.91 Å². The molecule has 1 aromatic heterocycles. The van der Waals surface area contributed by atoms with Gasteiger partial charge in [-0.1, -0.05) is 30.3 Å². The van der Waals surface area contributed by atoms with E-state index in [1.807, 2.05) is 55.6 Å². The van der Waals surface area contributed by atoms with E-state index in [-0.39, 0.29) is 17.9 Å². The number of para-hydroxylation sites is 1. The minimum atomic E-state index is -0.146. The molecule has 1 unspecified atom stereocenters. The summed E-state index contributed by atoms with van der Waals surface area (Å²) in [6.07, 6.45) is 2.31. The molecule has 2 amide bonds. The first-order chi connectivity index (χ1) is 12.6. The maximum absolute atomic E-state index is 12.9. The van der Waals surface area contributed by atoms with Gasteiger partial charge < -0.3 is 15.2 Å². The summed E-state index contributed by atoms with van der Waals surface area (Å²) < 4.78 is 2.08. The number of aromatic nitrogens is 1. The van der Waals surface area contributed by atoms with Gasteiger partial charge in [0, 0.05) is 29.3 Å². The number of carbonyl (C=O) groups is 2. The van der Waals surface area contributed by atoms with Gasteiger partial charge in [0.25, 0.3) is 5.91 Å². The number of hydrogen-bond donors (Lipinski definition) is 2. The van der Waals surface area contributed by atoms with Crippen molar-refractivity contribution in [2.24, 2.45) is 0 Å². The molecule has 0 saturated carbocycles. The monoisotopic (exact) mass is 347 g/mol. The molecule has 0 spiro atoms. The third-order valence-electron chi connectivity index (χ3n) is 4.98. The molecular weight excluding hydrogens is 326 g/mol. The smallest absolute Gasteiger partial charge is 0.253 e. The molecule has 132 valence electrons. The van der Waals surface area contributed by atoms with E-state index in [9.17, 15) is 9.59 Å². The van der Waals surface area contributed by atoms with E-state index in [0.717, 1.165) is 34.3 Å². The standard InChI is InChI=1S/C21H21N3O2/c1-3-24-12-17(16-6-4-5-7-19(16)24)21(26)22-13(2)14-8-9-18-15(10-14)11-20(25)23-18/h4-10,12-13H,3,11H2,1-2H3,(H,22,26)(H,23,25). The SMILES string of the molecule is CCn1cc(C(=O)NC(C)c2ccc3c(c2)CC(=O)N3)c2ccccc21. The molecule has 26 heavy (non-hydrogen) atoms. The van der Waals surface area contributed by atoms with Crippen LogP contribution in [0, 0.1) is 0 Å². The Morgan fingerprint density at radius 1 is 1.27 bits per heavy atom. The molecule has 0 aliphatic carbocycles. The van der Waals surface area contributed by atoms with Crippen LogP contribution in [0.4, 0.5) is 5.69 Å². The molecule has 0 saturated heterocycles. The zero-order valence-electron chi connectivity index (χ0n) is 14.9. The maximum Gasteiger partial charge on any atom is 0.253 e. The summed E-state index contributed by atoms with van der Waals surface area (Å²) in [6, 6.07) is 13.6. The maximum atomic E-state index is 12.9. The molecule has 1 aliphatic rings. The van der Waals surface area contributed by atoms with Crippen molar-refractivity contribution in [2.75, 3.05) is 5.32 Å². The molecule has 1 aliphatic heterocycles. The van der Waals surface area contributed by atoms with Crippen molar-refractivity contribution in [1.29, 1.82) is 0 Å². The van der Waals surface area contributed by atoms with Gasteiger partial charge in [-0.3, -0.25) is 9.59 Å². The Morgan fingerprint density at radius 2 is 2.08 bits per heavy atom. The van der Waals surface area contributed by atoms with Gasteiger partial charge in [-0.15, -0.1) is 0 Å². The fraction of sp³-hybridized carbons (Fsp3) is 0.238. The first-order valence-corrected chi connectivity index (χ1v) is 8.88. The number of rotatable bonds is 4. The number of carbonyl (C=O) groups excluding carboxylic acids is 2. The molecule has 2 heterocycles. The fourth-order valence-electron chi connectivity index (χ4n) is 3.57. The summed E-state index contributed by atoms with van der Waals surface area (Å²) in [5.41, 5.74) is 4.59. The second kappa shape index (κ2) is 6.33. The van der Waals surface area contributed by atoms with Gasteiger partial charge in [0.05, 0.1) is 18.0 Å². The van der Waals surface area contributed by atoms with E-state index in [1.54, 1.807) is 0 Å². The first kappa shape index (κ1) is 16.4. The van der Waals surface area contributed by atoms with E-state index in [0.29, 0.717) is 12.0 Å². The predicted molar refractivity (Wildman–Crippen MR) is 102 cm³/mol. The Hall–Kier alpha value is -3.08. The topological polar surface area (TPSA) is 63.1 Å². The van der Waals surface area contributed by atoms with Crippen molar-refractivity contribution in [1.82, 2.24) is 9.88 Å². The molecule has 0 fully saturated rings. The highest BCUT2D eigenvalue weighted by Crippen LogP contribution is 2.27. The molecule has 4 rings (SSSR count). The summed E-state index contributed by atoms with van der Waals surface area (Å²) in [4.78, 5) is 24.4. The van der Waals surface area contributed by atoms with E-state index in [4.69, 9.17) is 0 Å². The predicted octanol–water partition coefficient (Wildman–Crippen LogP) is 3.65. The number of anilines is 1. The van der Waals surface area contributed by atoms with Gasteiger partial charge >= 0.3 is 0 Å². The fourth-order valence-corrected chi connectivity index (χ4v) is 3.57. The molecule has 2 aromatic carbocycles. The summed E-state index contributed by atoms with van der Waals surface area (Å²) in [6.45, 7) is 4.84. The van der Waals surface area contributed by atoms with Crippen LogP contribution in [0.2, 0.25) is 0 Å². The van der Waals surface area contributed by atoms with Crippen LogP contribution < -0.4 is 10.6 Å². The van der Waals surface area contributed by atoms with Crippen LogP contribution in [0.15, 0.2) is 48.7 Å². The largest absolute Gasteiger partial charge is 0.347 e. The van der Waals surface area contributed by atoms with Crippen molar-refractivity contribution in [2.45, 2.75) is 32.9 Å². The van der Waals surface area contributed by atoms with Gasteiger partial charge in [0.15, 0.2) is 0 Å². The van der Waals surface area contributed by atoms with E-state index >= 15 is 0 Å². The Morgan fingerprint density at radius 3 is 2.88 bits per heavy atom. The summed E-state index contributed by atoms with van der Waals surface area (Å²) in [7, 11) is 0. The van der Waals surface area contributed by atoms with E-state index in [1.165, 1.54) is 0 Å². The third-order valence-corrected chi connectivity index (χ3v) is 4.98. The summed E-state index contributed by atoms with van der Waals surface area (Å²) in [5, 5.41) is 6.88. The lowest BCUT2D eigenvalue weighted by Crippen LogP contribution is -2.26. The number of benzene rings is 2. The van der Waals surface area contributed by atoms with Crippen molar-refractivity contribution in [3.63, 3.8) is 0 Å². The Labute approximate surface area is 152 Å². The normalized spacial score (nSPS) is 14.2. The van der Waals surface area contributed by atoms with E-state index in [2.05, 4.69) is 22.1 Å². The highest BCUT2D eigenvalue weighted by Gasteiger charge is 2.20. The van der Waals surface area contributed by atoms with Crippen LogP contribution in [0.25, 0.3) is 10.9 Å². The zero-order valence-corrected chi connectivity index (χ0v) is 14.9. The summed E-state index contributed by atoms with van der Waals surface area (Å²) in [5.74, 6) is -0.0724. The van der Waals surface area contributed by atoms with Gasteiger partial charge in [-0.05, 0) is 37.1 Å². The second-order valence-electron chi connectivity index (χ2n) is 6.68. The molecule has 2 N–H and O–H groups in total. The highest BCUT2D eigenvalue weighted by atomic mass is 16.2. The number of aryl methyl sites for hydroxylation is 1. The van der Waals surface area contributed by atoms with Crippen LogP contribution >= 0.6 is 0 Å². The van der Waals surface area contributed by atoms with Crippen molar-refractivity contribution in [3.8, 4) is 0 Å². The van der Waals surface area contributed by atoms with Crippen LogP contribution in [0.3, 0.4) is 0 Å². The Balaban J connectivity index is 1.59. The lowest BCUT2D eigenvalue weighted by Gasteiger charge is -2.15. The molecule has 0 radical (unpaired) electrons. The zero-order chi connectivity index (χ0) is 18.3. The minimum Gasteiger partial charge on any atom is -0.347 e. The average molecular weight is 347 g/mol. The van der Waals surface area contributed by atoms with Crippen LogP contribution in [-0.4, -0.2) is 16.4 Å². The summed E-state index contributed by atoms with van der Waals surface area (Å²) >= 11 is 0. The molecule has 3 aromatic rings. The first-order valence-electron chi connectivity index (χ1n) is 8.88. The van der Waals surface area contributed by atoms with Crippen LogP contribution in [-0.2, 0) is 17.8 Å². The number of nitrogens with zero attached hydrogens (tertiary/aromatic N) is 1. The van der Waals surface area contributed by atoms with Crippen molar-refractivity contribution in [3.05, 3.63) is 65.4 Å². The lowest BCUT2D eigenvalue weighted by molar-refractivity contribution is -0.115. The molecule has 0 bridgehead atoms. The van der Waals surface area contributed by atoms with Gasteiger partial charge in [-0.2, -0.15) is 0 Å². The Bertz CT molecular complexity index is 1020. The van der Waals surface area contributed by atoms with Gasteiger partial charge in [-0.25, -0.2) is 0 Å². The number of amides is 2. The average Bonchev–Trinajstić information content (AvgIpc) is 3.20. The number of nitrogens with one attached hydrogen (secondary N) is 2. The van der Waals surface area contributed by atoms with Crippen molar-refractivity contribution >= 4 is 28.4 Å². The molecule has 5 nitrogen and oxygen atoms in total. The number of fused-ring (bicyclic) bond motifs is 2. The molecular formula is C21H21N3O2. The van der Waals surface area contributed by atoms with E-state index < -0.39 is 0 Å². The lowest BCUT2D eigenvalue weighted by atomic mass is 10.0. The molecule has 5 heteroatoms. The highest BCUT2D eigenvalue weighted by molar-refractivity contribution is 6.07. The second-order valence-corrected chi connectivity index (χ2v) is 6.68. The number of hydrogen-bond acceptors (Lipinski definition) is 2. The molecule has 1 atom stereocenters. The third kappa shape index (κ3) is 2.75. The van der Waals surface area contributed by atoms with Crippen LogP contribution in [0.1, 0.15) is 41.4 Å². The van der Waals surface area contributed by atoms with Crippen molar-refractivity contribution < 1.29 is 9.59 Å².